The lowest BCUT2D eigenvalue weighted by molar-refractivity contribution is -0.143. The number of halogens is 1. The minimum absolute atomic E-state index is 0.124. The van der Waals surface area contributed by atoms with E-state index < -0.39 is 5.91 Å². The maximum Gasteiger partial charge on any atom is 0.267 e. The summed E-state index contributed by atoms with van der Waals surface area (Å²) in [5.74, 6) is -0.719. The SMILES string of the molecule is C=CC(=O)N1CC2(CC2)OCC1c1cc(Cl)cc(-c2ccnc(C(N)=O)c2)c1. The molecule has 1 aromatic carbocycles. The number of benzene rings is 1. The van der Waals surface area contributed by atoms with Gasteiger partial charge in [-0.1, -0.05) is 18.2 Å². The molecule has 2 amide bonds. The number of carbonyl (C=O) groups excluding carboxylic acids is 2. The third-order valence-electron chi connectivity index (χ3n) is 5.30. The molecule has 0 radical (unpaired) electrons. The number of hydrogen-bond acceptors (Lipinski definition) is 4. The summed E-state index contributed by atoms with van der Waals surface area (Å²) >= 11 is 6.38. The summed E-state index contributed by atoms with van der Waals surface area (Å²) in [4.78, 5) is 29.7. The topological polar surface area (TPSA) is 85.5 Å². The standard InChI is InChI=1S/C21H20ClN3O3/c1-2-19(26)25-12-21(4-5-21)28-11-18(25)15-7-14(8-16(22)9-15)13-3-6-24-17(10-13)20(23)27/h2-3,6-10,18H,1,4-5,11-12H2,(H2,23,27). The number of aromatic nitrogens is 1. The second kappa shape index (κ2) is 7.04. The van der Waals surface area contributed by atoms with Gasteiger partial charge in [-0.25, -0.2) is 0 Å². The summed E-state index contributed by atoms with van der Waals surface area (Å²) < 4.78 is 6.06. The van der Waals surface area contributed by atoms with Crippen LogP contribution in [0.3, 0.4) is 0 Å². The lowest BCUT2D eigenvalue weighted by Crippen LogP contribution is -2.48. The predicted octanol–water partition coefficient (Wildman–Crippen LogP) is 3.12. The molecule has 7 heteroatoms. The van der Waals surface area contributed by atoms with E-state index in [0.29, 0.717) is 18.2 Å². The van der Waals surface area contributed by atoms with Crippen molar-refractivity contribution in [2.24, 2.45) is 5.73 Å². The van der Waals surface area contributed by atoms with E-state index in [2.05, 4.69) is 11.6 Å². The Morgan fingerprint density at radius 1 is 1.29 bits per heavy atom. The van der Waals surface area contributed by atoms with Crippen LogP contribution in [0.25, 0.3) is 11.1 Å². The van der Waals surface area contributed by atoms with E-state index in [1.165, 1.54) is 12.3 Å². The zero-order valence-electron chi connectivity index (χ0n) is 15.2. The number of nitrogens with two attached hydrogens (primary N) is 1. The molecule has 2 fully saturated rings. The first-order valence-corrected chi connectivity index (χ1v) is 9.42. The Kier molecular flexibility index (Phi) is 4.69. The Morgan fingerprint density at radius 3 is 2.75 bits per heavy atom. The number of carbonyl (C=O) groups is 2. The van der Waals surface area contributed by atoms with Crippen LogP contribution >= 0.6 is 11.6 Å². The van der Waals surface area contributed by atoms with Crippen LogP contribution in [0.5, 0.6) is 0 Å². The number of ether oxygens (including phenoxy) is 1. The second-order valence-corrected chi connectivity index (χ2v) is 7.68. The molecule has 2 aromatic rings. The molecule has 1 unspecified atom stereocenters. The molecule has 2 heterocycles. The van der Waals surface area contributed by atoms with Crippen molar-refractivity contribution in [2.75, 3.05) is 13.2 Å². The fourth-order valence-electron chi connectivity index (χ4n) is 3.60. The van der Waals surface area contributed by atoms with Crippen LogP contribution in [-0.4, -0.2) is 40.5 Å². The molecule has 28 heavy (non-hydrogen) atoms. The molecule has 1 aromatic heterocycles. The molecule has 1 aliphatic carbocycles. The summed E-state index contributed by atoms with van der Waals surface area (Å²) in [7, 11) is 0. The quantitative estimate of drug-likeness (QED) is 0.803. The average molecular weight is 398 g/mol. The minimum atomic E-state index is -0.595. The first-order valence-electron chi connectivity index (χ1n) is 9.04. The molecular formula is C21H20ClN3O3. The Morgan fingerprint density at radius 2 is 2.07 bits per heavy atom. The average Bonchev–Trinajstić information content (AvgIpc) is 3.45. The van der Waals surface area contributed by atoms with E-state index in [1.807, 2.05) is 12.1 Å². The van der Waals surface area contributed by atoms with Gasteiger partial charge in [-0.05, 0) is 65.9 Å². The molecule has 1 saturated carbocycles. The highest BCUT2D eigenvalue weighted by atomic mass is 35.5. The summed E-state index contributed by atoms with van der Waals surface area (Å²) in [6, 6.07) is 8.74. The predicted molar refractivity (Wildman–Crippen MR) is 106 cm³/mol. The number of rotatable bonds is 4. The number of hydrogen-bond donors (Lipinski definition) is 1. The van der Waals surface area contributed by atoms with Crippen molar-refractivity contribution in [3.63, 3.8) is 0 Å². The van der Waals surface area contributed by atoms with Gasteiger partial charge in [-0.3, -0.25) is 14.6 Å². The van der Waals surface area contributed by atoms with Crippen molar-refractivity contribution in [3.8, 4) is 11.1 Å². The van der Waals surface area contributed by atoms with Gasteiger partial charge in [0.1, 0.15) is 5.69 Å². The largest absolute Gasteiger partial charge is 0.371 e. The smallest absolute Gasteiger partial charge is 0.267 e. The van der Waals surface area contributed by atoms with E-state index in [4.69, 9.17) is 22.1 Å². The zero-order chi connectivity index (χ0) is 19.9. The Balaban J connectivity index is 1.72. The highest BCUT2D eigenvalue weighted by molar-refractivity contribution is 6.31. The maximum atomic E-state index is 12.5. The fraction of sp³-hybridized carbons (Fsp3) is 0.286. The van der Waals surface area contributed by atoms with Gasteiger partial charge >= 0.3 is 0 Å². The van der Waals surface area contributed by atoms with Crippen molar-refractivity contribution in [1.29, 1.82) is 0 Å². The molecule has 144 valence electrons. The first-order chi connectivity index (χ1) is 13.4. The van der Waals surface area contributed by atoms with Crippen molar-refractivity contribution in [3.05, 3.63) is 65.5 Å². The van der Waals surface area contributed by atoms with Crippen molar-refractivity contribution < 1.29 is 14.3 Å². The molecule has 1 atom stereocenters. The lowest BCUT2D eigenvalue weighted by Gasteiger charge is -2.40. The normalized spacial score (nSPS) is 20.0. The summed E-state index contributed by atoms with van der Waals surface area (Å²) in [5, 5.41) is 0.530. The summed E-state index contributed by atoms with van der Waals surface area (Å²) in [5.41, 5.74) is 7.77. The Bertz CT molecular complexity index is 971. The van der Waals surface area contributed by atoms with Crippen molar-refractivity contribution in [1.82, 2.24) is 9.88 Å². The molecule has 4 rings (SSSR count). The van der Waals surface area contributed by atoms with Crippen molar-refractivity contribution >= 4 is 23.4 Å². The molecule has 1 spiro atoms. The first kappa shape index (κ1) is 18.7. The highest BCUT2D eigenvalue weighted by Gasteiger charge is 2.50. The van der Waals surface area contributed by atoms with E-state index in [1.54, 1.807) is 23.1 Å². The fourth-order valence-corrected chi connectivity index (χ4v) is 3.84. The lowest BCUT2D eigenvalue weighted by atomic mass is 9.97. The molecular weight excluding hydrogens is 378 g/mol. The van der Waals surface area contributed by atoms with Crippen LogP contribution in [0.2, 0.25) is 5.02 Å². The van der Waals surface area contributed by atoms with Gasteiger partial charge in [-0.15, -0.1) is 0 Å². The van der Waals surface area contributed by atoms with E-state index in [9.17, 15) is 9.59 Å². The third-order valence-corrected chi connectivity index (χ3v) is 5.52. The Labute approximate surface area is 167 Å². The van der Waals surface area contributed by atoms with Crippen LogP contribution in [0.4, 0.5) is 0 Å². The minimum Gasteiger partial charge on any atom is -0.371 e. The number of pyridine rings is 1. The number of primary amides is 1. The maximum absolute atomic E-state index is 12.5. The number of nitrogens with zero attached hydrogens (tertiary/aromatic N) is 2. The molecule has 1 saturated heterocycles. The highest BCUT2D eigenvalue weighted by Crippen LogP contribution is 2.46. The van der Waals surface area contributed by atoms with Gasteiger partial charge in [0.25, 0.3) is 5.91 Å². The van der Waals surface area contributed by atoms with E-state index >= 15 is 0 Å². The van der Waals surface area contributed by atoms with E-state index in [-0.39, 0.29) is 23.2 Å². The van der Waals surface area contributed by atoms with Gasteiger partial charge in [0.05, 0.1) is 24.8 Å². The second-order valence-electron chi connectivity index (χ2n) is 7.25. The molecule has 2 N–H and O–H groups in total. The van der Waals surface area contributed by atoms with Crippen LogP contribution < -0.4 is 5.73 Å². The monoisotopic (exact) mass is 397 g/mol. The third kappa shape index (κ3) is 3.53. The molecule has 1 aliphatic heterocycles. The molecule has 0 bridgehead atoms. The van der Waals surface area contributed by atoms with Crippen LogP contribution in [-0.2, 0) is 9.53 Å². The molecule has 6 nitrogen and oxygen atoms in total. The van der Waals surface area contributed by atoms with Gasteiger partial charge < -0.3 is 15.4 Å². The Hall–Kier alpha value is -2.70. The van der Waals surface area contributed by atoms with Crippen LogP contribution in [0, 0.1) is 0 Å². The van der Waals surface area contributed by atoms with Gasteiger partial charge in [-0.2, -0.15) is 0 Å². The van der Waals surface area contributed by atoms with Crippen LogP contribution in [0.1, 0.15) is 34.9 Å². The zero-order valence-corrected chi connectivity index (χ0v) is 16.0. The van der Waals surface area contributed by atoms with Gasteiger partial charge in [0, 0.05) is 11.2 Å². The number of morpholine rings is 1. The van der Waals surface area contributed by atoms with Gasteiger partial charge in [0.15, 0.2) is 0 Å². The van der Waals surface area contributed by atoms with Crippen molar-refractivity contribution in [2.45, 2.75) is 24.5 Å². The number of amides is 2. The van der Waals surface area contributed by atoms with E-state index in [0.717, 1.165) is 29.5 Å². The summed E-state index contributed by atoms with van der Waals surface area (Å²) in [6.45, 7) is 4.58. The van der Waals surface area contributed by atoms with Gasteiger partial charge in [0.2, 0.25) is 5.91 Å². The summed E-state index contributed by atoms with van der Waals surface area (Å²) in [6.07, 6.45) is 4.80. The van der Waals surface area contributed by atoms with Crippen LogP contribution in [0.15, 0.2) is 49.2 Å². The molecule has 2 aliphatic rings.